The SMILES string of the molecule is C=C(C)N.CC(C)S(=O)(=O)O. The second-order valence-corrected chi connectivity index (χ2v) is 4.38. The van der Waals surface area contributed by atoms with Crippen LogP contribution in [0.15, 0.2) is 12.3 Å². The van der Waals surface area contributed by atoms with Gasteiger partial charge in [-0.3, -0.25) is 4.55 Å². The molecule has 3 N–H and O–H groups in total. The highest BCUT2D eigenvalue weighted by molar-refractivity contribution is 7.86. The normalized spacial score (nSPS) is 10.3. The molecule has 68 valence electrons. The Balaban J connectivity index is 0. The van der Waals surface area contributed by atoms with Gasteiger partial charge in [-0.1, -0.05) is 6.58 Å². The minimum Gasteiger partial charge on any atom is -0.403 e. The molecule has 0 fully saturated rings. The fourth-order valence-electron chi connectivity index (χ4n) is 0. The van der Waals surface area contributed by atoms with Crippen LogP contribution in [0.3, 0.4) is 0 Å². The number of nitrogens with two attached hydrogens (primary N) is 1. The molecule has 0 unspecified atom stereocenters. The summed E-state index contributed by atoms with van der Waals surface area (Å²) in [5.74, 6) is 0. The van der Waals surface area contributed by atoms with Crippen LogP contribution in [0.4, 0.5) is 0 Å². The van der Waals surface area contributed by atoms with Crippen molar-refractivity contribution >= 4 is 10.1 Å². The van der Waals surface area contributed by atoms with E-state index in [0.29, 0.717) is 5.70 Å². The molecule has 5 heteroatoms. The average Bonchev–Trinajstić information content (AvgIpc) is 1.59. The van der Waals surface area contributed by atoms with Crippen molar-refractivity contribution in [3.05, 3.63) is 12.3 Å². The maximum Gasteiger partial charge on any atom is 0.267 e. The van der Waals surface area contributed by atoms with E-state index >= 15 is 0 Å². The molecule has 0 aliphatic heterocycles. The Labute approximate surface area is 67.8 Å². The van der Waals surface area contributed by atoms with Crippen LogP contribution >= 0.6 is 0 Å². The summed E-state index contributed by atoms with van der Waals surface area (Å²) in [7, 11) is -3.74. The van der Waals surface area contributed by atoms with Crippen LogP contribution in [0.5, 0.6) is 0 Å². The van der Waals surface area contributed by atoms with Crippen LogP contribution in [0.2, 0.25) is 0 Å². The van der Waals surface area contributed by atoms with Crippen LogP contribution in [-0.2, 0) is 10.1 Å². The van der Waals surface area contributed by atoms with Crippen molar-refractivity contribution in [2.45, 2.75) is 26.0 Å². The molecule has 0 radical (unpaired) electrons. The lowest BCUT2D eigenvalue weighted by molar-refractivity contribution is 0.473. The molecular weight excluding hydrogens is 166 g/mol. The highest BCUT2D eigenvalue weighted by atomic mass is 32.2. The van der Waals surface area contributed by atoms with E-state index in [9.17, 15) is 8.42 Å². The lowest BCUT2D eigenvalue weighted by atomic mass is 10.6. The van der Waals surface area contributed by atoms with E-state index in [0.717, 1.165) is 0 Å². The zero-order chi connectivity index (χ0) is 9.65. The zero-order valence-corrected chi connectivity index (χ0v) is 7.85. The first kappa shape index (κ1) is 13.1. The van der Waals surface area contributed by atoms with E-state index in [1.165, 1.54) is 13.8 Å². The Hall–Kier alpha value is -0.550. The summed E-state index contributed by atoms with van der Waals surface area (Å²) >= 11 is 0. The highest BCUT2D eigenvalue weighted by Crippen LogP contribution is 1.91. The van der Waals surface area contributed by atoms with Crippen molar-refractivity contribution in [1.29, 1.82) is 0 Å². The largest absolute Gasteiger partial charge is 0.403 e. The van der Waals surface area contributed by atoms with E-state index in [4.69, 9.17) is 10.3 Å². The first-order valence-corrected chi connectivity index (χ1v) is 4.55. The fourth-order valence-corrected chi connectivity index (χ4v) is 0. The molecule has 4 nitrogen and oxygen atoms in total. The van der Waals surface area contributed by atoms with Crippen molar-refractivity contribution < 1.29 is 13.0 Å². The second-order valence-electron chi connectivity index (χ2n) is 2.41. The third-order valence-electron chi connectivity index (χ3n) is 0.596. The molecule has 0 saturated carbocycles. The molecule has 0 amide bonds. The molecule has 0 aliphatic rings. The Morgan fingerprint density at radius 2 is 1.64 bits per heavy atom. The summed E-state index contributed by atoms with van der Waals surface area (Å²) < 4.78 is 27.8. The summed E-state index contributed by atoms with van der Waals surface area (Å²) in [6, 6.07) is 0. The van der Waals surface area contributed by atoms with E-state index in [1.807, 2.05) is 0 Å². The topological polar surface area (TPSA) is 80.4 Å². The Bertz CT molecular complexity index is 202. The first-order chi connectivity index (χ1) is 4.68. The Kier molecular flexibility index (Phi) is 6.12. The predicted octanol–water partition coefficient (Wildman–Crippen LogP) is 0.761. The number of hydrogen-bond acceptors (Lipinski definition) is 3. The Morgan fingerprint density at radius 3 is 1.64 bits per heavy atom. The van der Waals surface area contributed by atoms with Crippen molar-refractivity contribution in [3.63, 3.8) is 0 Å². The van der Waals surface area contributed by atoms with Crippen molar-refractivity contribution in [3.8, 4) is 0 Å². The standard InChI is InChI=1S/C3H7N.C3H8O3S/c1-3(2)4;1-3(2)7(4,5)6/h1,4H2,2H3;3H,1-2H3,(H,4,5,6). The third-order valence-corrected chi connectivity index (χ3v) is 1.79. The minimum atomic E-state index is -3.74. The van der Waals surface area contributed by atoms with Gasteiger partial charge in [-0.25, -0.2) is 0 Å². The van der Waals surface area contributed by atoms with Gasteiger partial charge < -0.3 is 5.73 Å². The van der Waals surface area contributed by atoms with Gasteiger partial charge in [0.2, 0.25) is 0 Å². The van der Waals surface area contributed by atoms with E-state index in [1.54, 1.807) is 6.92 Å². The molecule has 0 rings (SSSR count). The van der Waals surface area contributed by atoms with Gasteiger partial charge in [0, 0.05) is 0 Å². The molecule has 0 atom stereocenters. The van der Waals surface area contributed by atoms with Crippen LogP contribution < -0.4 is 5.73 Å². The minimum absolute atomic E-state index is 0.667. The van der Waals surface area contributed by atoms with Crippen LogP contribution in [0.25, 0.3) is 0 Å². The number of allylic oxidation sites excluding steroid dienone is 1. The third kappa shape index (κ3) is 17.7. The van der Waals surface area contributed by atoms with Crippen molar-refractivity contribution in [1.82, 2.24) is 0 Å². The zero-order valence-electron chi connectivity index (χ0n) is 7.03. The average molecular weight is 181 g/mol. The second kappa shape index (κ2) is 5.15. The molecule has 0 aromatic rings. The van der Waals surface area contributed by atoms with E-state index in [-0.39, 0.29) is 0 Å². The lowest BCUT2D eigenvalue weighted by Crippen LogP contribution is -2.10. The molecule has 0 bridgehead atoms. The van der Waals surface area contributed by atoms with Crippen molar-refractivity contribution in [2.24, 2.45) is 5.73 Å². The molecule has 0 saturated heterocycles. The van der Waals surface area contributed by atoms with Gasteiger partial charge in [0.05, 0.1) is 5.25 Å². The summed E-state index contributed by atoms with van der Waals surface area (Å²) in [4.78, 5) is 0. The van der Waals surface area contributed by atoms with Crippen molar-refractivity contribution in [2.75, 3.05) is 0 Å². The smallest absolute Gasteiger partial charge is 0.267 e. The molecule has 0 aromatic heterocycles. The van der Waals surface area contributed by atoms with Crippen LogP contribution in [0, 0.1) is 0 Å². The van der Waals surface area contributed by atoms with Gasteiger partial charge in [0.15, 0.2) is 0 Å². The van der Waals surface area contributed by atoms with Gasteiger partial charge in [-0.2, -0.15) is 8.42 Å². The van der Waals surface area contributed by atoms with E-state index < -0.39 is 15.4 Å². The van der Waals surface area contributed by atoms with Gasteiger partial charge in [-0.05, 0) is 26.5 Å². The van der Waals surface area contributed by atoms with E-state index in [2.05, 4.69) is 6.58 Å². The molecule has 0 spiro atoms. The summed E-state index contributed by atoms with van der Waals surface area (Å²) in [6.07, 6.45) is 0. The van der Waals surface area contributed by atoms with Gasteiger partial charge in [0.1, 0.15) is 0 Å². The maximum absolute atomic E-state index is 9.89. The van der Waals surface area contributed by atoms with Gasteiger partial charge >= 0.3 is 0 Å². The van der Waals surface area contributed by atoms with Gasteiger partial charge in [0.25, 0.3) is 10.1 Å². The fraction of sp³-hybridized carbons (Fsp3) is 0.667. The molecule has 0 heterocycles. The summed E-state index contributed by atoms with van der Waals surface area (Å²) in [5, 5.41) is -0.674. The maximum atomic E-state index is 9.89. The molecular formula is C6H15NO3S. The molecule has 0 aromatic carbocycles. The number of hydrogen-bond donors (Lipinski definition) is 2. The summed E-state index contributed by atoms with van der Waals surface area (Å²) in [6.45, 7) is 7.91. The van der Waals surface area contributed by atoms with Crippen LogP contribution in [0.1, 0.15) is 20.8 Å². The monoisotopic (exact) mass is 181 g/mol. The molecule has 11 heavy (non-hydrogen) atoms. The number of rotatable bonds is 1. The van der Waals surface area contributed by atoms with Gasteiger partial charge in [-0.15, -0.1) is 0 Å². The quantitative estimate of drug-likeness (QED) is 0.585. The molecule has 0 aliphatic carbocycles. The first-order valence-electron chi connectivity index (χ1n) is 3.05. The lowest BCUT2D eigenvalue weighted by Gasteiger charge is -1.94. The highest BCUT2D eigenvalue weighted by Gasteiger charge is 2.08. The van der Waals surface area contributed by atoms with Crippen LogP contribution in [-0.4, -0.2) is 18.2 Å². The summed E-state index contributed by atoms with van der Waals surface area (Å²) in [5.41, 5.74) is 5.58. The predicted molar refractivity (Wildman–Crippen MR) is 45.7 cm³/mol. The Morgan fingerprint density at radius 1 is 1.55 bits per heavy atom.